The predicted octanol–water partition coefficient (Wildman–Crippen LogP) is 1.34. The summed E-state index contributed by atoms with van der Waals surface area (Å²) in [5.74, 6) is 1.42. The molecule has 0 atom stereocenters. The largest absolute Gasteiger partial charge is 0.378 e. The zero-order valence-corrected chi connectivity index (χ0v) is 17.2. The summed E-state index contributed by atoms with van der Waals surface area (Å²) in [5.41, 5.74) is 0. The molecule has 3 rings (SSSR count). The van der Waals surface area contributed by atoms with Gasteiger partial charge in [0.1, 0.15) is 10.7 Å². The van der Waals surface area contributed by atoms with E-state index < -0.39 is 10.0 Å². The molecule has 3 heterocycles. The van der Waals surface area contributed by atoms with Gasteiger partial charge in [0, 0.05) is 65.1 Å². The van der Waals surface area contributed by atoms with Gasteiger partial charge in [-0.3, -0.25) is 0 Å². The molecule has 8 heteroatoms. The first-order valence-electron chi connectivity index (χ1n) is 7.86. The molecule has 2 fully saturated rings. The van der Waals surface area contributed by atoms with Crippen LogP contribution in [-0.2, 0) is 47.5 Å². The molecule has 125 valence electrons. The van der Waals surface area contributed by atoms with Crippen molar-refractivity contribution in [2.24, 2.45) is 5.92 Å². The van der Waals surface area contributed by atoms with Crippen LogP contribution in [0.15, 0.2) is 23.2 Å². The predicted molar refractivity (Wildman–Crippen MR) is 84.4 cm³/mol. The van der Waals surface area contributed by atoms with E-state index in [0.29, 0.717) is 37.1 Å². The van der Waals surface area contributed by atoms with Crippen molar-refractivity contribution in [3.05, 3.63) is 18.3 Å². The number of nitrogens with zero attached hydrogens (tertiary/aromatic N) is 3. The fraction of sp³-hybridized carbons (Fsp3) is 0.667. The number of ether oxygens (including phenoxy) is 1. The number of hydrogen-bond donors (Lipinski definition) is 0. The first-order valence-corrected chi connectivity index (χ1v) is 9.30. The summed E-state index contributed by atoms with van der Waals surface area (Å²) in [6.07, 6.45) is 3.34. The van der Waals surface area contributed by atoms with Gasteiger partial charge in [-0.25, -0.2) is 13.4 Å². The Hall–Kier alpha value is -0.0761. The molecule has 2 aliphatic heterocycles. The zero-order chi connectivity index (χ0) is 15.6. The molecule has 0 N–H and O–H groups in total. The van der Waals surface area contributed by atoms with Crippen molar-refractivity contribution in [2.45, 2.75) is 24.7 Å². The van der Waals surface area contributed by atoms with E-state index in [-0.39, 0.29) is 32.7 Å². The Balaban J connectivity index is 0.00000192. The fourth-order valence-electron chi connectivity index (χ4n) is 2.88. The summed E-state index contributed by atoms with van der Waals surface area (Å²) in [4.78, 5) is 6.75. The molecule has 0 aromatic carbocycles. The van der Waals surface area contributed by atoms with E-state index in [4.69, 9.17) is 4.74 Å². The van der Waals surface area contributed by atoms with Crippen molar-refractivity contribution < 1.29 is 45.9 Å². The van der Waals surface area contributed by atoms with Gasteiger partial charge in [-0.15, -0.1) is 0 Å². The molecule has 1 aromatic rings. The molecule has 0 bridgehead atoms. The molecular weight excluding hydrogens is 391 g/mol. The van der Waals surface area contributed by atoms with E-state index in [2.05, 4.69) is 16.8 Å². The average molecular weight is 414 g/mol. The number of anilines is 1. The quantitative estimate of drug-likeness (QED) is 0.747. The third-order valence-electron chi connectivity index (χ3n) is 4.44. The van der Waals surface area contributed by atoms with Gasteiger partial charge >= 0.3 is 0 Å². The van der Waals surface area contributed by atoms with Crippen LogP contribution >= 0.6 is 0 Å². The van der Waals surface area contributed by atoms with Crippen LogP contribution in [0.4, 0.5) is 5.82 Å². The van der Waals surface area contributed by atoms with Crippen molar-refractivity contribution in [1.82, 2.24) is 9.29 Å². The van der Waals surface area contributed by atoms with Gasteiger partial charge in [-0.1, -0.05) is 6.92 Å². The average Bonchev–Trinajstić information content (AvgIpc) is 2.56. The summed E-state index contributed by atoms with van der Waals surface area (Å²) >= 11 is 0. The molecule has 23 heavy (non-hydrogen) atoms. The van der Waals surface area contributed by atoms with Gasteiger partial charge < -0.3 is 9.64 Å². The molecule has 0 aliphatic carbocycles. The summed E-state index contributed by atoms with van der Waals surface area (Å²) in [5, 5.41) is 0. The minimum absolute atomic E-state index is 0. The Morgan fingerprint density at radius 3 is 2.35 bits per heavy atom. The fourth-order valence-corrected chi connectivity index (χ4v) is 4.29. The number of morpholine rings is 1. The number of rotatable bonds is 3. The molecule has 2 saturated heterocycles. The van der Waals surface area contributed by atoms with Crippen LogP contribution < -0.4 is 4.90 Å². The van der Waals surface area contributed by atoms with E-state index >= 15 is 0 Å². The van der Waals surface area contributed by atoms with Gasteiger partial charge in [0.25, 0.3) is 0 Å². The monoisotopic (exact) mass is 414 g/mol. The third kappa shape index (κ3) is 4.51. The standard InChI is InChI=1S/C15H23N3O3S.Y/c1-13-4-6-18(7-5-13)22(19,20)14-2-3-15(16-12-14)17-8-10-21-11-9-17;/h2-3,12-13H,4-11H2,1H3;. The second-order valence-corrected chi connectivity index (χ2v) is 7.98. The van der Waals surface area contributed by atoms with Crippen LogP contribution in [0.1, 0.15) is 19.8 Å². The van der Waals surface area contributed by atoms with Crippen LogP contribution in [0, 0.1) is 5.92 Å². The van der Waals surface area contributed by atoms with Crippen molar-refractivity contribution in [2.75, 3.05) is 44.3 Å². The van der Waals surface area contributed by atoms with E-state index in [1.54, 1.807) is 16.4 Å². The van der Waals surface area contributed by atoms with E-state index in [0.717, 1.165) is 31.7 Å². The van der Waals surface area contributed by atoms with Gasteiger partial charge in [0.2, 0.25) is 10.0 Å². The Kier molecular flexibility index (Phi) is 6.98. The SMILES string of the molecule is CC1CCN(S(=O)(=O)c2ccc(N3CCOCC3)nc2)CC1.[Y]. The van der Waals surface area contributed by atoms with Crippen molar-refractivity contribution >= 4 is 15.8 Å². The smallest absolute Gasteiger partial charge is 0.244 e. The van der Waals surface area contributed by atoms with Gasteiger partial charge in [0.15, 0.2) is 0 Å². The van der Waals surface area contributed by atoms with Crippen LogP contribution in [-0.4, -0.2) is 57.1 Å². The Labute approximate surface area is 163 Å². The van der Waals surface area contributed by atoms with E-state index in [1.807, 2.05) is 0 Å². The van der Waals surface area contributed by atoms with E-state index in [9.17, 15) is 8.42 Å². The minimum Gasteiger partial charge on any atom is -0.378 e. The maximum absolute atomic E-state index is 12.6. The zero-order valence-electron chi connectivity index (χ0n) is 13.5. The van der Waals surface area contributed by atoms with Gasteiger partial charge in [0.05, 0.1) is 13.2 Å². The van der Waals surface area contributed by atoms with Gasteiger partial charge in [-0.2, -0.15) is 4.31 Å². The maximum atomic E-state index is 12.6. The minimum atomic E-state index is -3.41. The molecule has 0 unspecified atom stereocenters. The molecule has 2 aliphatic rings. The summed E-state index contributed by atoms with van der Waals surface area (Å²) in [7, 11) is -3.41. The van der Waals surface area contributed by atoms with Gasteiger partial charge in [-0.05, 0) is 30.9 Å². The number of pyridine rings is 1. The van der Waals surface area contributed by atoms with Crippen LogP contribution in [0.2, 0.25) is 0 Å². The first-order chi connectivity index (χ1) is 10.6. The van der Waals surface area contributed by atoms with Crippen LogP contribution in [0.3, 0.4) is 0 Å². The first kappa shape index (κ1) is 19.3. The number of hydrogen-bond acceptors (Lipinski definition) is 5. The normalized spacial score (nSPS) is 21.0. The van der Waals surface area contributed by atoms with Crippen molar-refractivity contribution in [1.29, 1.82) is 0 Å². The van der Waals surface area contributed by atoms with E-state index in [1.165, 1.54) is 6.20 Å². The molecule has 6 nitrogen and oxygen atoms in total. The summed E-state index contributed by atoms with van der Waals surface area (Å²) < 4.78 is 32.2. The second kappa shape index (κ2) is 8.34. The van der Waals surface area contributed by atoms with Crippen molar-refractivity contribution in [3.63, 3.8) is 0 Å². The third-order valence-corrected chi connectivity index (χ3v) is 6.32. The Morgan fingerprint density at radius 2 is 1.78 bits per heavy atom. The molecule has 0 amide bonds. The Bertz CT molecular complexity index is 595. The van der Waals surface area contributed by atoms with Crippen molar-refractivity contribution in [3.8, 4) is 0 Å². The number of sulfonamides is 1. The number of aromatic nitrogens is 1. The molecule has 1 radical (unpaired) electrons. The molecule has 1 aromatic heterocycles. The summed E-state index contributed by atoms with van der Waals surface area (Å²) in [6, 6.07) is 3.47. The van der Waals surface area contributed by atoms with Crippen LogP contribution in [0.5, 0.6) is 0 Å². The topological polar surface area (TPSA) is 62.7 Å². The number of piperidine rings is 1. The molecule has 0 saturated carbocycles. The summed E-state index contributed by atoms with van der Waals surface area (Å²) in [6.45, 7) is 6.35. The second-order valence-electron chi connectivity index (χ2n) is 6.04. The Morgan fingerprint density at radius 1 is 1.13 bits per heavy atom. The molecular formula is C15H23N3O3SY. The maximum Gasteiger partial charge on any atom is 0.244 e. The molecule has 0 spiro atoms. The van der Waals surface area contributed by atoms with Crippen LogP contribution in [0.25, 0.3) is 0 Å².